The Labute approximate surface area is 164 Å². The molecule has 1 fully saturated rings. The van der Waals surface area contributed by atoms with Crippen LogP contribution >= 0.6 is 0 Å². The Hall–Kier alpha value is -2.96. The van der Waals surface area contributed by atoms with Crippen molar-refractivity contribution in [2.75, 3.05) is 26.2 Å². The summed E-state index contributed by atoms with van der Waals surface area (Å²) in [6.45, 7) is 5.73. The summed E-state index contributed by atoms with van der Waals surface area (Å²) in [7, 11) is 0. The summed E-state index contributed by atoms with van der Waals surface area (Å²) in [4.78, 5) is 14.0. The van der Waals surface area contributed by atoms with Crippen molar-refractivity contribution >= 4 is 5.65 Å². The molecule has 142 valence electrons. The van der Waals surface area contributed by atoms with Crippen molar-refractivity contribution in [1.82, 2.24) is 24.2 Å². The topological polar surface area (TPSA) is 49.8 Å². The molecule has 0 unspecified atom stereocenters. The Morgan fingerprint density at radius 3 is 2.39 bits per heavy atom. The van der Waals surface area contributed by atoms with Crippen LogP contribution in [-0.4, -0.2) is 50.3 Å². The van der Waals surface area contributed by atoms with Crippen LogP contribution in [0.4, 0.5) is 0 Å². The Morgan fingerprint density at radius 1 is 0.857 bits per heavy atom. The zero-order valence-electron chi connectivity index (χ0n) is 15.7. The van der Waals surface area contributed by atoms with E-state index in [2.05, 4.69) is 25.4 Å². The molecule has 0 saturated carbocycles. The molecule has 0 radical (unpaired) electrons. The summed E-state index contributed by atoms with van der Waals surface area (Å²) in [5.41, 5.74) is 3.20. The van der Waals surface area contributed by atoms with E-state index >= 15 is 0 Å². The maximum absolute atomic E-state index is 5.95. The van der Waals surface area contributed by atoms with E-state index in [0.717, 1.165) is 67.8 Å². The average Bonchev–Trinajstić information content (AvgIpc) is 3.36. The number of imidazole rings is 1. The molecule has 3 aromatic heterocycles. The normalized spacial score (nSPS) is 16.0. The summed E-state index contributed by atoms with van der Waals surface area (Å²) in [5.74, 6) is 1.62. The van der Waals surface area contributed by atoms with Gasteiger partial charge in [-0.3, -0.25) is 9.80 Å². The zero-order chi connectivity index (χ0) is 18.8. The summed E-state index contributed by atoms with van der Waals surface area (Å²) >= 11 is 0. The lowest BCUT2D eigenvalue weighted by Gasteiger charge is -2.33. The second-order valence-electron chi connectivity index (χ2n) is 7.23. The highest BCUT2D eigenvalue weighted by Crippen LogP contribution is 2.21. The van der Waals surface area contributed by atoms with Crippen molar-refractivity contribution in [3.05, 3.63) is 78.7 Å². The van der Waals surface area contributed by atoms with E-state index in [0.29, 0.717) is 0 Å². The number of hydrogen-bond donors (Lipinski definition) is 0. The summed E-state index contributed by atoms with van der Waals surface area (Å²) in [6.07, 6.45) is 5.99. The number of oxazole rings is 1. The number of aromatic nitrogens is 3. The first-order valence-electron chi connectivity index (χ1n) is 9.71. The summed E-state index contributed by atoms with van der Waals surface area (Å²) < 4.78 is 8.03. The van der Waals surface area contributed by atoms with Gasteiger partial charge in [0, 0.05) is 50.7 Å². The molecule has 1 aliphatic heterocycles. The molecule has 1 saturated heterocycles. The lowest BCUT2D eigenvalue weighted by atomic mass is 10.2. The van der Waals surface area contributed by atoms with Crippen LogP contribution in [0.2, 0.25) is 0 Å². The third-order valence-electron chi connectivity index (χ3n) is 5.24. The molecule has 28 heavy (non-hydrogen) atoms. The number of hydrogen-bond acceptors (Lipinski definition) is 5. The maximum atomic E-state index is 5.95. The van der Waals surface area contributed by atoms with E-state index in [1.807, 2.05) is 60.9 Å². The molecular formula is C22H23N5O. The second-order valence-corrected chi connectivity index (χ2v) is 7.23. The first-order valence-corrected chi connectivity index (χ1v) is 9.71. The predicted octanol–water partition coefficient (Wildman–Crippen LogP) is 3.31. The Balaban J connectivity index is 1.16. The van der Waals surface area contributed by atoms with Crippen molar-refractivity contribution < 1.29 is 4.42 Å². The van der Waals surface area contributed by atoms with Crippen LogP contribution in [0.3, 0.4) is 0 Å². The fourth-order valence-corrected chi connectivity index (χ4v) is 3.71. The van der Waals surface area contributed by atoms with Gasteiger partial charge in [0.25, 0.3) is 0 Å². The maximum Gasteiger partial charge on any atom is 0.209 e. The molecule has 6 heteroatoms. The minimum atomic E-state index is 0.759. The lowest BCUT2D eigenvalue weighted by molar-refractivity contribution is 0.114. The summed E-state index contributed by atoms with van der Waals surface area (Å²) in [6, 6.07) is 16.2. The third kappa shape index (κ3) is 3.69. The van der Waals surface area contributed by atoms with E-state index in [1.165, 1.54) is 0 Å². The minimum Gasteiger partial charge on any atom is -0.439 e. The van der Waals surface area contributed by atoms with Gasteiger partial charge in [0.1, 0.15) is 5.65 Å². The van der Waals surface area contributed by atoms with Crippen molar-refractivity contribution in [3.63, 3.8) is 0 Å². The van der Waals surface area contributed by atoms with Crippen LogP contribution in [0, 0.1) is 0 Å². The van der Waals surface area contributed by atoms with Gasteiger partial charge in [-0.05, 0) is 12.1 Å². The number of fused-ring (bicyclic) bond motifs is 1. The van der Waals surface area contributed by atoms with E-state index in [9.17, 15) is 0 Å². The van der Waals surface area contributed by atoms with Gasteiger partial charge in [-0.25, -0.2) is 9.97 Å². The standard InChI is InChI=1S/C22H23N5O/c1-2-6-18(7-3-1)20-14-23-22(28-20)17-26-12-10-25(11-13-26)15-19-16-27-9-5-4-8-21(27)24-19/h1-9,14,16H,10-13,15,17H2. The molecule has 0 amide bonds. The second kappa shape index (κ2) is 7.58. The van der Waals surface area contributed by atoms with Gasteiger partial charge in [-0.15, -0.1) is 0 Å². The van der Waals surface area contributed by atoms with Crippen LogP contribution in [0.15, 0.2) is 71.5 Å². The molecule has 6 nitrogen and oxygen atoms in total. The van der Waals surface area contributed by atoms with Gasteiger partial charge < -0.3 is 8.82 Å². The van der Waals surface area contributed by atoms with Crippen LogP contribution in [0.25, 0.3) is 17.0 Å². The van der Waals surface area contributed by atoms with Gasteiger partial charge >= 0.3 is 0 Å². The van der Waals surface area contributed by atoms with Crippen LogP contribution in [0.1, 0.15) is 11.6 Å². The van der Waals surface area contributed by atoms with Crippen molar-refractivity contribution in [3.8, 4) is 11.3 Å². The third-order valence-corrected chi connectivity index (χ3v) is 5.24. The molecule has 1 aliphatic rings. The number of nitrogens with zero attached hydrogens (tertiary/aromatic N) is 5. The number of piperazine rings is 1. The van der Waals surface area contributed by atoms with E-state index in [1.54, 1.807) is 0 Å². The molecule has 0 aliphatic carbocycles. The molecule has 5 rings (SSSR count). The van der Waals surface area contributed by atoms with Gasteiger partial charge in [0.15, 0.2) is 5.76 Å². The summed E-state index contributed by atoms with van der Waals surface area (Å²) in [5, 5.41) is 0. The Kier molecular flexibility index (Phi) is 4.64. The van der Waals surface area contributed by atoms with Gasteiger partial charge in [-0.1, -0.05) is 36.4 Å². The average molecular weight is 373 g/mol. The quantitative estimate of drug-likeness (QED) is 0.537. The number of rotatable bonds is 5. The van der Waals surface area contributed by atoms with Gasteiger partial charge in [0.2, 0.25) is 5.89 Å². The fraction of sp³-hybridized carbons (Fsp3) is 0.273. The van der Waals surface area contributed by atoms with Crippen LogP contribution < -0.4 is 0 Å². The Morgan fingerprint density at radius 2 is 1.61 bits per heavy atom. The number of pyridine rings is 1. The highest BCUT2D eigenvalue weighted by Gasteiger charge is 2.19. The van der Waals surface area contributed by atoms with Crippen molar-refractivity contribution in [1.29, 1.82) is 0 Å². The SMILES string of the molecule is c1ccc(-c2cnc(CN3CCN(Cc4cn5ccccc5n4)CC3)o2)cc1. The van der Waals surface area contributed by atoms with Crippen molar-refractivity contribution in [2.24, 2.45) is 0 Å². The van der Waals surface area contributed by atoms with Crippen LogP contribution in [0.5, 0.6) is 0 Å². The molecule has 0 atom stereocenters. The molecule has 0 spiro atoms. The van der Waals surface area contributed by atoms with Crippen molar-refractivity contribution in [2.45, 2.75) is 13.1 Å². The molecule has 1 aromatic carbocycles. The van der Waals surface area contributed by atoms with E-state index < -0.39 is 0 Å². The highest BCUT2D eigenvalue weighted by molar-refractivity contribution is 5.55. The first-order chi connectivity index (χ1) is 13.8. The predicted molar refractivity (Wildman–Crippen MR) is 108 cm³/mol. The molecule has 0 bridgehead atoms. The smallest absolute Gasteiger partial charge is 0.209 e. The number of benzene rings is 1. The minimum absolute atomic E-state index is 0.759. The fourth-order valence-electron chi connectivity index (χ4n) is 3.71. The van der Waals surface area contributed by atoms with Gasteiger partial charge in [-0.2, -0.15) is 0 Å². The first kappa shape index (κ1) is 17.2. The monoisotopic (exact) mass is 373 g/mol. The highest BCUT2D eigenvalue weighted by atomic mass is 16.4. The molecule has 4 aromatic rings. The molecular weight excluding hydrogens is 350 g/mol. The van der Waals surface area contributed by atoms with Gasteiger partial charge in [0.05, 0.1) is 18.4 Å². The largest absolute Gasteiger partial charge is 0.439 e. The lowest BCUT2D eigenvalue weighted by Crippen LogP contribution is -2.45. The molecule has 0 N–H and O–H groups in total. The van der Waals surface area contributed by atoms with E-state index in [4.69, 9.17) is 9.40 Å². The Bertz CT molecular complexity index is 1010. The molecule has 4 heterocycles. The van der Waals surface area contributed by atoms with E-state index in [-0.39, 0.29) is 0 Å². The van der Waals surface area contributed by atoms with Crippen LogP contribution in [-0.2, 0) is 13.1 Å². The zero-order valence-corrected chi connectivity index (χ0v) is 15.7.